The van der Waals surface area contributed by atoms with Crippen molar-refractivity contribution in [3.05, 3.63) is 5.82 Å². The Morgan fingerprint density at radius 1 is 1.25 bits per heavy atom. The minimum absolute atomic E-state index is 0.305. The highest BCUT2D eigenvalue weighted by molar-refractivity contribution is 5.30. The van der Waals surface area contributed by atoms with Gasteiger partial charge in [0.1, 0.15) is 5.82 Å². The molecule has 1 aliphatic heterocycles. The van der Waals surface area contributed by atoms with Crippen LogP contribution in [0.2, 0.25) is 0 Å². The first kappa shape index (κ1) is 13.9. The average molecular weight is 277 g/mol. The van der Waals surface area contributed by atoms with E-state index in [4.69, 9.17) is 10.7 Å². The third kappa shape index (κ3) is 2.68. The van der Waals surface area contributed by atoms with Crippen LogP contribution in [-0.2, 0) is 0 Å². The first-order valence-electron chi connectivity index (χ1n) is 8.08. The molecule has 1 aromatic heterocycles. The lowest BCUT2D eigenvalue weighted by Gasteiger charge is -2.32. The molecule has 0 aromatic carbocycles. The van der Waals surface area contributed by atoms with E-state index in [0.29, 0.717) is 17.9 Å². The number of nitrogens with one attached hydrogen (secondary N) is 1. The van der Waals surface area contributed by atoms with Crippen molar-refractivity contribution >= 4 is 5.95 Å². The summed E-state index contributed by atoms with van der Waals surface area (Å²) in [6, 6.07) is 0.305. The molecule has 1 saturated heterocycles. The van der Waals surface area contributed by atoms with E-state index < -0.39 is 0 Å². The van der Waals surface area contributed by atoms with E-state index >= 15 is 0 Å². The van der Waals surface area contributed by atoms with Crippen LogP contribution < -0.4 is 10.6 Å². The number of nitrogens with zero attached hydrogens (tertiary/aromatic N) is 3. The number of hydrogen-bond acceptors (Lipinski definition) is 4. The van der Waals surface area contributed by atoms with E-state index in [0.717, 1.165) is 43.6 Å². The summed E-state index contributed by atoms with van der Waals surface area (Å²) >= 11 is 0. The molecule has 5 heteroatoms. The zero-order valence-corrected chi connectivity index (χ0v) is 12.7. The third-order valence-electron chi connectivity index (χ3n) is 5.27. The maximum Gasteiger partial charge on any atom is 0.244 e. The van der Waals surface area contributed by atoms with Crippen LogP contribution in [0.15, 0.2) is 0 Å². The molecule has 1 aromatic rings. The zero-order chi connectivity index (χ0) is 14.1. The molecular formula is C15H27N5. The topological polar surface area (TPSA) is 70.8 Å². The summed E-state index contributed by atoms with van der Waals surface area (Å²) in [4.78, 5) is 7.07. The Bertz CT molecular complexity index is 433. The molecule has 3 rings (SSSR count). The SMILES string of the molecule is CC(N)C1CCN(c2n[nH]c(C3CCCC3C)n2)CC1. The van der Waals surface area contributed by atoms with Crippen LogP contribution in [0, 0.1) is 11.8 Å². The Morgan fingerprint density at radius 2 is 2.00 bits per heavy atom. The predicted octanol–water partition coefficient (Wildman–Crippen LogP) is 2.27. The second-order valence-electron chi connectivity index (χ2n) is 6.72. The molecule has 0 bridgehead atoms. The standard InChI is InChI=1S/C15H27N5/c1-10-4-3-5-13(10)14-17-15(19-18-14)20-8-6-12(7-9-20)11(2)16/h10-13H,3-9,16H2,1-2H3,(H,17,18,19). The first-order valence-corrected chi connectivity index (χ1v) is 8.08. The second-order valence-corrected chi connectivity index (χ2v) is 6.72. The van der Waals surface area contributed by atoms with Crippen molar-refractivity contribution in [1.82, 2.24) is 15.2 Å². The van der Waals surface area contributed by atoms with Gasteiger partial charge in [0.05, 0.1) is 0 Å². The Hall–Kier alpha value is -1.10. The van der Waals surface area contributed by atoms with Crippen LogP contribution >= 0.6 is 0 Å². The van der Waals surface area contributed by atoms with Gasteiger partial charge in [-0.1, -0.05) is 13.3 Å². The molecule has 5 nitrogen and oxygen atoms in total. The van der Waals surface area contributed by atoms with Gasteiger partial charge in [-0.25, -0.2) is 0 Å². The van der Waals surface area contributed by atoms with Gasteiger partial charge in [-0.3, -0.25) is 5.10 Å². The number of nitrogens with two attached hydrogens (primary N) is 1. The van der Waals surface area contributed by atoms with Crippen molar-refractivity contribution in [3.8, 4) is 0 Å². The van der Waals surface area contributed by atoms with Gasteiger partial charge >= 0.3 is 0 Å². The third-order valence-corrected chi connectivity index (χ3v) is 5.27. The van der Waals surface area contributed by atoms with Crippen LogP contribution in [-0.4, -0.2) is 34.3 Å². The monoisotopic (exact) mass is 277 g/mol. The summed E-state index contributed by atoms with van der Waals surface area (Å²) in [6.07, 6.45) is 6.20. The lowest BCUT2D eigenvalue weighted by Crippen LogP contribution is -2.40. The van der Waals surface area contributed by atoms with E-state index in [2.05, 4.69) is 28.9 Å². The van der Waals surface area contributed by atoms with Gasteiger partial charge in [0.25, 0.3) is 0 Å². The lowest BCUT2D eigenvalue weighted by molar-refractivity contribution is 0.352. The number of piperidine rings is 1. The van der Waals surface area contributed by atoms with Gasteiger partial charge < -0.3 is 10.6 Å². The number of aromatic amines is 1. The van der Waals surface area contributed by atoms with E-state index in [1.54, 1.807) is 0 Å². The summed E-state index contributed by atoms with van der Waals surface area (Å²) < 4.78 is 0. The molecule has 2 heterocycles. The number of hydrogen-bond donors (Lipinski definition) is 2. The van der Waals surface area contributed by atoms with Gasteiger partial charge in [0.2, 0.25) is 5.95 Å². The minimum Gasteiger partial charge on any atom is -0.340 e. The Kier molecular flexibility index (Phi) is 3.96. The number of anilines is 1. The van der Waals surface area contributed by atoms with Gasteiger partial charge in [0.15, 0.2) is 0 Å². The summed E-state index contributed by atoms with van der Waals surface area (Å²) in [5.41, 5.74) is 6.00. The normalized spacial score (nSPS) is 29.9. The van der Waals surface area contributed by atoms with Crippen LogP contribution in [0.25, 0.3) is 0 Å². The maximum atomic E-state index is 6.00. The van der Waals surface area contributed by atoms with Crippen LogP contribution in [0.1, 0.15) is 57.7 Å². The molecule has 0 amide bonds. The van der Waals surface area contributed by atoms with Crippen molar-refractivity contribution in [1.29, 1.82) is 0 Å². The van der Waals surface area contributed by atoms with Gasteiger partial charge in [-0.15, -0.1) is 5.10 Å². The molecule has 20 heavy (non-hydrogen) atoms. The summed E-state index contributed by atoms with van der Waals surface area (Å²) in [5, 5.41) is 7.63. The number of aromatic nitrogens is 3. The Morgan fingerprint density at radius 3 is 2.60 bits per heavy atom. The minimum atomic E-state index is 0.305. The largest absolute Gasteiger partial charge is 0.340 e. The lowest BCUT2D eigenvalue weighted by atomic mass is 9.91. The van der Waals surface area contributed by atoms with Crippen molar-refractivity contribution in [3.63, 3.8) is 0 Å². The average Bonchev–Trinajstić information content (AvgIpc) is 3.07. The molecule has 1 saturated carbocycles. The summed E-state index contributed by atoms with van der Waals surface area (Å²) in [6.45, 7) is 6.51. The van der Waals surface area contributed by atoms with Gasteiger partial charge in [0, 0.05) is 25.0 Å². The summed E-state index contributed by atoms with van der Waals surface area (Å²) in [5.74, 6) is 3.96. The van der Waals surface area contributed by atoms with Crippen LogP contribution in [0.5, 0.6) is 0 Å². The molecule has 112 valence electrons. The molecule has 3 atom stereocenters. The smallest absolute Gasteiger partial charge is 0.244 e. The predicted molar refractivity (Wildman–Crippen MR) is 80.7 cm³/mol. The molecule has 0 spiro atoms. The molecule has 2 fully saturated rings. The highest BCUT2D eigenvalue weighted by Crippen LogP contribution is 2.38. The number of H-pyrrole nitrogens is 1. The fraction of sp³-hybridized carbons (Fsp3) is 0.867. The van der Waals surface area contributed by atoms with E-state index in [-0.39, 0.29) is 0 Å². The van der Waals surface area contributed by atoms with Crippen molar-refractivity contribution < 1.29 is 0 Å². The molecular weight excluding hydrogens is 250 g/mol. The Labute approximate surface area is 121 Å². The van der Waals surface area contributed by atoms with E-state index in [9.17, 15) is 0 Å². The molecule has 1 aliphatic carbocycles. The van der Waals surface area contributed by atoms with E-state index in [1.807, 2.05) is 0 Å². The number of rotatable bonds is 3. The molecule has 2 aliphatic rings. The highest BCUT2D eigenvalue weighted by Gasteiger charge is 2.29. The maximum absolute atomic E-state index is 6.00. The molecule has 0 radical (unpaired) electrons. The van der Waals surface area contributed by atoms with Crippen LogP contribution in [0.3, 0.4) is 0 Å². The molecule has 3 unspecified atom stereocenters. The van der Waals surface area contributed by atoms with Crippen molar-refractivity contribution in [2.45, 2.75) is 57.9 Å². The quantitative estimate of drug-likeness (QED) is 0.889. The second kappa shape index (κ2) is 5.72. The first-order chi connectivity index (χ1) is 9.65. The van der Waals surface area contributed by atoms with E-state index in [1.165, 1.54) is 19.3 Å². The van der Waals surface area contributed by atoms with Gasteiger partial charge in [-0.2, -0.15) is 4.98 Å². The fourth-order valence-electron chi connectivity index (χ4n) is 3.75. The van der Waals surface area contributed by atoms with Crippen molar-refractivity contribution in [2.24, 2.45) is 17.6 Å². The zero-order valence-electron chi connectivity index (χ0n) is 12.7. The van der Waals surface area contributed by atoms with Gasteiger partial charge in [-0.05, 0) is 44.4 Å². The highest BCUT2D eigenvalue weighted by atomic mass is 15.4. The van der Waals surface area contributed by atoms with Crippen LogP contribution in [0.4, 0.5) is 5.95 Å². The summed E-state index contributed by atoms with van der Waals surface area (Å²) in [7, 11) is 0. The molecule has 3 N–H and O–H groups in total. The fourth-order valence-corrected chi connectivity index (χ4v) is 3.75. The Balaban J connectivity index is 1.63. The van der Waals surface area contributed by atoms with Crippen molar-refractivity contribution in [2.75, 3.05) is 18.0 Å².